The van der Waals surface area contributed by atoms with Gasteiger partial charge in [-0.05, 0) is 41.5 Å². The van der Waals surface area contributed by atoms with Gasteiger partial charge in [-0.2, -0.15) is 13.2 Å². The molecule has 1 N–H and O–H groups in total. The van der Waals surface area contributed by atoms with E-state index in [1.807, 2.05) is 13.8 Å². The highest BCUT2D eigenvalue weighted by atomic mass is 19.4. The molecular weight excluding hydrogens is 272 g/mol. The van der Waals surface area contributed by atoms with E-state index >= 15 is 0 Å². The van der Waals surface area contributed by atoms with E-state index in [0.29, 0.717) is 24.0 Å². The topological polar surface area (TPSA) is 20.2 Å². The van der Waals surface area contributed by atoms with Gasteiger partial charge in [0, 0.05) is 0 Å². The van der Waals surface area contributed by atoms with Crippen LogP contribution in [0.3, 0.4) is 0 Å². The summed E-state index contributed by atoms with van der Waals surface area (Å²) < 4.78 is 51.4. The van der Waals surface area contributed by atoms with Gasteiger partial charge in [0.2, 0.25) is 0 Å². The van der Waals surface area contributed by atoms with Gasteiger partial charge in [0.1, 0.15) is 5.82 Å². The number of aliphatic hydroxyl groups excluding tert-OH is 1. The second-order valence-corrected chi connectivity index (χ2v) is 6.00. The minimum atomic E-state index is -4.72. The summed E-state index contributed by atoms with van der Waals surface area (Å²) in [6.07, 6.45) is -2.74. The molecule has 1 aromatic rings. The largest absolute Gasteiger partial charge is 0.419 e. The lowest BCUT2D eigenvalue weighted by Crippen LogP contribution is -2.24. The molecule has 1 aliphatic rings. The predicted molar refractivity (Wildman–Crippen MR) is 68.4 cm³/mol. The zero-order valence-corrected chi connectivity index (χ0v) is 11.3. The van der Waals surface area contributed by atoms with Crippen LogP contribution in [0, 0.1) is 11.2 Å². The molecule has 0 aromatic heterocycles. The molecule has 0 heterocycles. The van der Waals surface area contributed by atoms with Crippen LogP contribution < -0.4 is 0 Å². The van der Waals surface area contributed by atoms with Gasteiger partial charge in [-0.3, -0.25) is 0 Å². The fourth-order valence-corrected chi connectivity index (χ4v) is 2.64. The van der Waals surface area contributed by atoms with Crippen molar-refractivity contribution in [3.05, 3.63) is 41.2 Å². The van der Waals surface area contributed by atoms with E-state index in [1.165, 1.54) is 6.07 Å². The number of aliphatic hydroxyl groups is 1. The van der Waals surface area contributed by atoms with Crippen molar-refractivity contribution in [3.63, 3.8) is 0 Å². The van der Waals surface area contributed by atoms with Crippen LogP contribution in [0.25, 0.3) is 5.57 Å². The summed E-state index contributed by atoms with van der Waals surface area (Å²) in [6.45, 7) is 3.88. The van der Waals surface area contributed by atoms with E-state index in [4.69, 9.17) is 0 Å². The molecule has 0 fully saturated rings. The maximum atomic E-state index is 13.3. The molecule has 20 heavy (non-hydrogen) atoms. The van der Waals surface area contributed by atoms with Crippen LogP contribution in [-0.2, 0) is 6.18 Å². The summed E-state index contributed by atoms with van der Waals surface area (Å²) in [5.41, 5.74) is -0.533. The van der Waals surface area contributed by atoms with Crippen LogP contribution in [0.4, 0.5) is 17.6 Å². The molecule has 1 nitrogen and oxygen atoms in total. The van der Waals surface area contributed by atoms with Crippen LogP contribution in [0.2, 0.25) is 0 Å². The molecule has 0 bridgehead atoms. The maximum Gasteiger partial charge on any atom is 0.419 e. The van der Waals surface area contributed by atoms with Crippen LogP contribution in [0.5, 0.6) is 0 Å². The molecule has 5 heteroatoms. The molecule has 1 unspecified atom stereocenters. The Hall–Kier alpha value is -1.36. The average Bonchev–Trinajstić information content (AvgIpc) is 2.25. The van der Waals surface area contributed by atoms with Crippen molar-refractivity contribution >= 4 is 5.57 Å². The summed E-state index contributed by atoms with van der Waals surface area (Å²) >= 11 is 0. The normalized spacial score (nSPS) is 22.6. The molecule has 0 amide bonds. The number of hydrogen-bond acceptors (Lipinski definition) is 1. The highest BCUT2D eigenvalue weighted by Gasteiger charge is 2.35. The maximum absolute atomic E-state index is 13.3. The molecule has 0 aliphatic heterocycles. The van der Waals surface area contributed by atoms with Crippen molar-refractivity contribution in [2.75, 3.05) is 0 Å². The monoisotopic (exact) mass is 288 g/mol. The highest BCUT2D eigenvalue weighted by Crippen LogP contribution is 2.41. The Labute approximate surface area is 114 Å². The fraction of sp³-hybridized carbons (Fsp3) is 0.467. The second kappa shape index (κ2) is 4.88. The number of allylic oxidation sites excluding steroid dienone is 1. The molecule has 2 rings (SSSR count). The van der Waals surface area contributed by atoms with Crippen molar-refractivity contribution in [2.24, 2.45) is 5.41 Å². The molecule has 1 aromatic carbocycles. The Kier molecular flexibility index (Phi) is 3.67. The highest BCUT2D eigenvalue weighted by molar-refractivity contribution is 5.68. The van der Waals surface area contributed by atoms with Gasteiger partial charge in [-0.15, -0.1) is 0 Å². The lowest BCUT2D eigenvalue weighted by Gasteiger charge is -2.32. The van der Waals surface area contributed by atoms with Crippen LogP contribution >= 0.6 is 0 Å². The van der Waals surface area contributed by atoms with Gasteiger partial charge in [-0.1, -0.05) is 26.0 Å². The number of rotatable bonds is 1. The molecule has 0 saturated heterocycles. The lowest BCUT2D eigenvalue weighted by molar-refractivity contribution is -0.140. The van der Waals surface area contributed by atoms with Gasteiger partial charge in [0.25, 0.3) is 0 Å². The first-order valence-corrected chi connectivity index (χ1v) is 6.34. The number of halogens is 4. The summed E-state index contributed by atoms with van der Waals surface area (Å²) in [6, 6.07) is 2.97. The van der Waals surface area contributed by atoms with Gasteiger partial charge in [0.05, 0.1) is 11.7 Å². The van der Waals surface area contributed by atoms with Crippen LogP contribution in [-0.4, -0.2) is 11.2 Å². The quantitative estimate of drug-likeness (QED) is 0.759. The Morgan fingerprint density at radius 1 is 1.25 bits per heavy atom. The Bertz CT molecular complexity index is 543. The lowest BCUT2D eigenvalue weighted by atomic mass is 9.74. The second-order valence-electron chi connectivity index (χ2n) is 6.00. The molecule has 0 saturated carbocycles. The predicted octanol–water partition coefficient (Wildman–Crippen LogP) is 4.41. The Morgan fingerprint density at radius 2 is 1.90 bits per heavy atom. The zero-order valence-electron chi connectivity index (χ0n) is 11.3. The molecular formula is C15H16F4O. The fourth-order valence-electron chi connectivity index (χ4n) is 2.64. The minimum absolute atomic E-state index is 0.198. The van der Waals surface area contributed by atoms with E-state index in [9.17, 15) is 22.7 Å². The van der Waals surface area contributed by atoms with Crippen LogP contribution in [0.15, 0.2) is 24.3 Å². The number of alkyl halides is 3. The van der Waals surface area contributed by atoms with Crippen LogP contribution in [0.1, 0.15) is 37.8 Å². The third-order valence-electron chi connectivity index (χ3n) is 3.47. The standard InChI is InChI=1S/C15H16F4O/c1-14(2)7-10(5-11(20)8-14)9-3-4-13(16)12(6-9)15(17,18)19/h3-6,11,20H,7-8H2,1-2H3. The van der Waals surface area contributed by atoms with E-state index in [0.717, 1.165) is 12.1 Å². The molecule has 0 radical (unpaired) electrons. The SMILES string of the molecule is CC1(C)CC(c2ccc(F)c(C(F)(F)F)c2)=CC(O)C1. The van der Waals surface area contributed by atoms with Gasteiger partial charge >= 0.3 is 6.18 Å². The third kappa shape index (κ3) is 3.20. The average molecular weight is 288 g/mol. The first kappa shape index (κ1) is 15.0. The summed E-state index contributed by atoms with van der Waals surface area (Å²) in [5.74, 6) is -1.28. The Balaban J connectivity index is 2.44. The van der Waals surface area contributed by atoms with Gasteiger partial charge < -0.3 is 5.11 Å². The third-order valence-corrected chi connectivity index (χ3v) is 3.47. The van der Waals surface area contributed by atoms with E-state index in [2.05, 4.69) is 0 Å². The first-order chi connectivity index (χ1) is 9.08. The summed E-state index contributed by atoms with van der Waals surface area (Å²) in [4.78, 5) is 0. The minimum Gasteiger partial charge on any atom is -0.389 e. The van der Waals surface area contributed by atoms with Gasteiger partial charge in [0.15, 0.2) is 0 Å². The summed E-state index contributed by atoms with van der Waals surface area (Å²) in [5, 5.41) is 9.79. The number of hydrogen-bond donors (Lipinski definition) is 1. The molecule has 0 spiro atoms. The van der Waals surface area contributed by atoms with E-state index in [1.54, 1.807) is 6.08 Å². The summed E-state index contributed by atoms with van der Waals surface area (Å²) in [7, 11) is 0. The van der Waals surface area contributed by atoms with Crippen molar-refractivity contribution in [1.82, 2.24) is 0 Å². The van der Waals surface area contributed by atoms with Crippen molar-refractivity contribution in [2.45, 2.75) is 39.0 Å². The number of benzene rings is 1. The van der Waals surface area contributed by atoms with Crippen molar-refractivity contribution in [1.29, 1.82) is 0 Å². The smallest absolute Gasteiger partial charge is 0.389 e. The zero-order chi connectivity index (χ0) is 15.1. The first-order valence-electron chi connectivity index (χ1n) is 6.34. The van der Waals surface area contributed by atoms with Crippen molar-refractivity contribution < 1.29 is 22.7 Å². The molecule has 1 atom stereocenters. The Morgan fingerprint density at radius 3 is 2.45 bits per heavy atom. The van der Waals surface area contributed by atoms with Crippen molar-refractivity contribution in [3.8, 4) is 0 Å². The van der Waals surface area contributed by atoms with Gasteiger partial charge in [-0.25, -0.2) is 4.39 Å². The molecule has 110 valence electrons. The van der Waals surface area contributed by atoms with E-state index in [-0.39, 0.29) is 5.41 Å². The van der Waals surface area contributed by atoms with E-state index < -0.39 is 23.7 Å². The molecule has 1 aliphatic carbocycles.